The van der Waals surface area contributed by atoms with Crippen LogP contribution in [0.5, 0.6) is 0 Å². The van der Waals surface area contributed by atoms with Crippen LogP contribution in [0.4, 0.5) is 10.1 Å². The summed E-state index contributed by atoms with van der Waals surface area (Å²) in [4.78, 5) is 30.4. The van der Waals surface area contributed by atoms with Crippen LogP contribution in [0, 0.1) is 5.82 Å². The number of anilines is 1. The van der Waals surface area contributed by atoms with Crippen LogP contribution in [0.1, 0.15) is 67.7 Å². The van der Waals surface area contributed by atoms with Gasteiger partial charge in [-0.3, -0.25) is 14.5 Å². The van der Waals surface area contributed by atoms with Gasteiger partial charge < -0.3 is 9.88 Å². The normalized spacial score (nSPS) is 21.8. The van der Waals surface area contributed by atoms with Gasteiger partial charge in [0.15, 0.2) is 0 Å². The number of nitrogens with zero attached hydrogens (tertiary/aromatic N) is 2. The third-order valence-corrected chi connectivity index (χ3v) is 8.33. The summed E-state index contributed by atoms with van der Waals surface area (Å²) in [6, 6.07) is 10.1. The highest BCUT2D eigenvalue weighted by Gasteiger charge is 2.49. The summed E-state index contributed by atoms with van der Waals surface area (Å²) < 4.78 is 17.2. The lowest BCUT2D eigenvalue weighted by Gasteiger charge is -2.44. The van der Waals surface area contributed by atoms with Gasteiger partial charge in [0.1, 0.15) is 17.1 Å². The Hall–Kier alpha value is -2.67. The Morgan fingerprint density at radius 3 is 2.64 bits per heavy atom. The van der Waals surface area contributed by atoms with E-state index in [0.29, 0.717) is 17.9 Å². The van der Waals surface area contributed by atoms with Gasteiger partial charge in [-0.25, -0.2) is 4.39 Å². The van der Waals surface area contributed by atoms with E-state index in [4.69, 9.17) is 0 Å². The molecule has 1 fully saturated rings. The zero-order valence-corrected chi connectivity index (χ0v) is 20.0. The van der Waals surface area contributed by atoms with E-state index in [2.05, 4.69) is 18.3 Å². The molecule has 2 aliphatic rings. The molecule has 0 saturated heterocycles. The Bertz CT molecular complexity index is 1210. The first kappa shape index (κ1) is 22.1. The first-order valence-corrected chi connectivity index (χ1v) is 12.8. The van der Waals surface area contributed by atoms with Crippen molar-refractivity contribution in [1.82, 2.24) is 9.88 Å². The molecule has 1 aliphatic carbocycles. The molecule has 0 radical (unpaired) electrons. The molecule has 1 saturated carbocycles. The number of amides is 2. The minimum Gasteiger partial charge on any atom is -0.351 e. The molecule has 7 heteroatoms. The molecule has 3 aromatic rings. The number of aryl methyl sites for hydroxylation is 1. The molecule has 0 unspecified atom stereocenters. The predicted molar refractivity (Wildman–Crippen MR) is 130 cm³/mol. The maximum atomic E-state index is 14.2. The molecule has 0 bridgehead atoms. The standard InChI is InChI=1S/C26H30FN3O2S/c1-3-20-14-21-23(33-20)15-22-24(31)30(19-12-8-9-17(27)13-19)26(2,16-29(21)22)25(32)28-18-10-6-4-5-7-11-18/h8-9,12-15,18H,3-7,10-11,16H2,1-2H3,(H,28,32)/t26-/m0/s1. The van der Waals surface area contributed by atoms with E-state index in [1.807, 2.05) is 17.6 Å². The molecule has 1 N–H and O–H groups in total. The average molecular weight is 468 g/mol. The predicted octanol–water partition coefficient (Wildman–Crippen LogP) is 5.66. The molecule has 1 atom stereocenters. The molecule has 1 aliphatic heterocycles. The van der Waals surface area contributed by atoms with Crippen molar-refractivity contribution in [2.45, 2.75) is 76.9 Å². The number of aromatic nitrogens is 1. The fraction of sp³-hybridized carbons (Fsp3) is 0.462. The number of hydrogen-bond donors (Lipinski definition) is 1. The van der Waals surface area contributed by atoms with Crippen LogP contribution in [0.25, 0.3) is 10.2 Å². The number of rotatable bonds is 4. The van der Waals surface area contributed by atoms with Gasteiger partial charge in [-0.05, 0) is 56.5 Å². The van der Waals surface area contributed by atoms with Crippen LogP contribution < -0.4 is 10.2 Å². The molecule has 174 valence electrons. The van der Waals surface area contributed by atoms with E-state index in [1.54, 1.807) is 23.5 Å². The van der Waals surface area contributed by atoms with Gasteiger partial charge in [-0.15, -0.1) is 11.3 Å². The SMILES string of the molecule is CCc1cc2c(cc3n2C[C@@](C)(C(=O)NC2CCCCCC2)N(c2cccc(F)c2)C3=O)s1. The van der Waals surface area contributed by atoms with Crippen LogP contribution in [0.15, 0.2) is 36.4 Å². The van der Waals surface area contributed by atoms with Gasteiger partial charge in [0.25, 0.3) is 5.91 Å². The van der Waals surface area contributed by atoms with Crippen LogP contribution >= 0.6 is 11.3 Å². The summed E-state index contributed by atoms with van der Waals surface area (Å²) in [5.74, 6) is -0.876. The largest absolute Gasteiger partial charge is 0.351 e. The van der Waals surface area contributed by atoms with Crippen LogP contribution in [0.2, 0.25) is 0 Å². The number of nitrogens with one attached hydrogen (secondary N) is 1. The lowest BCUT2D eigenvalue weighted by molar-refractivity contribution is -0.127. The lowest BCUT2D eigenvalue weighted by atomic mass is 9.92. The fourth-order valence-corrected chi connectivity index (χ4v) is 6.33. The topological polar surface area (TPSA) is 54.3 Å². The molecule has 2 amide bonds. The van der Waals surface area contributed by atoms with Crippen molar-refractivity contribution in [1.29, 1.82) is 0 Å². The third-order valence-electron chi connectivity index (χ3n) is 7.12. The molecular formula is C26H30FN3O2S. The Labute approximate surface area is 197 Å². The number of hydrogen-bond acceptors (Lipinski definition) is 3. The van der Waals surface area contributed by atoms with Crippen molar-refractivity contribution in [2.75, 3.05) is 4.90 Å². The minimum atomic E-state index is -1.18. The quantitative estimate of drug-likeness (QED) is 0.503. The summed E-state index contributed by atoms with van der Waals surface area (Å²) in [5, 5.41) is 3.25. The molecule has 33 heavy (non-hydrogen) atoms. The molecule has 5 nitrogen and oxygen atoms in total. The van der Waals surface area contributed by atoms with Crippen molar-refractivity contribution in [3.63, 3.8) is 0 Å². The summed E-state index contributed by atoms with van der Waals surface area (Å²) >= 11 is 1.68. The molecule has 1 aromatic carbocycles. The van der Waals surface area contributed by atoms with E-state index in [-0.39, 0.29) is 17.9 Å². The van der Waals surface area contributed by atoms with Gasteiger partial charge in [-0.2, -0.15) is 0 Å². The zero-order chi connectivity index (χ0) is 23.2. The summed E-state index contributed by atoms with van der Waals surface area (Å²) in [7, 11) is 0. The van der Waals surface area contributed by atoms with Gasteiger partial charge >= 0.3 is 0 Å². The lowest BCUT2D eigenvalue weighted by Crippen LogP contribution is -2.65. The van der Waals surface area contributed by atoms with Crippen molar-refractivity contribution in [3.05, 3.63) is 52.8 Å². The maximum Gasteiger partial charge on any atom is 0.275 e. The van der Waals surface area contributed by atoms with Crippen molar-refractivity contribution >= 4 is 39.1 Å². The number of fused-ring (bicyclic) bond motifs is 3. The number of carbonyl (C=O) groups is 2. The summed E-state index contributed by atoms with van der Waals surface area (Å²) in [5.41, 5.74) is 0.767. The van der Waals surface area contributed by atoms with Crippen molar-refractivity contribution in [3.8, 4) is 0 Å². The monoisotopic (exact) mass is 467 g/mol. The summed E-state index contributed by atoms with van der Waals surface area (Å²) in [6.45, 7) is 4.25. The van der Waals surface area contributed by atoms with E-state index in [0.717, 1.165) is 42.3 Å². The minimum absolute atomic E-state index is 0.111. The highest BCUT2D eigenvalue weighted by Crippen LogP contribution is 2.38. The Balaban J connectivity index is 1.59. The van der Waals surface area contributed by atoms with Crippen LogP contribution in [-0.4, -0.2) is 28.0 Å². The van der Waals surface area contributed by atoms with Crippen molar-refractivity contribution < 1.29 is 14.0 Å². The first-order chi connectivity index (χ1) is 15.9. The smallest absolute Gasteiger partial charge is 0.275 e. The number of halogens is 1. The zero-order valence-electron chi connectivity index (χ0n) is 19.2. The molecule has 2 aromatic heterocycles. The number of thiophene rings is 1. The Morgan fingerprint density at radius 2 is 1.94 bits per heavy atom. The maximum absolute atomic E-state index is 14.2. The van der Waals surface area contributed by atoms with Crippen LogP contribution in [-0.2, 0) is 17.8 Å². The van der Waals surface area contributed by atoms with Gasteiger partial charge in [0.2, 0.25) is 5.91 Å². The van der Waals surface area contributed by atoms with E-state index in [1.165, 1.54) is 34.8 Å². The highest BCUT2D eigenvalue weighted by atomic mass is 32.1. The van der Waals surface area contributed by atoms with E-state index in [9.17, 15) is 14.0 Å². The highest BCUT2D eigenvalue weighted by molar-refractivity contribution is 7.19. The first-order valence-electron chi connectivity index (χ1n) is 11.9. The molecule has 3 heterocycles. The van der Waals surface area contributed by atoms with Crippen LogP contribution in [0.3, 0.4) is 0 Å². The second kappa shape index (κ2) is 8.60. The molecular weight excluding hydrogens is 437 g/mol. The second-order valence-electron chi connectivity index (χ2n) is 9.49. The third kappa shape index (κ3) is 3.86. The van der Waals surface area contributed by atoms with E-state index >= 15 is 0 Å². The van der Waals surface area contributed by atoms with Crippen molar-refractivity contribution in [2.24, 2.45) is 0 Å². The average Bonchev–Trinajstić information content (AvgIpc) is 3.23. The fourth-order valence-electron chi connectivity index (χ4n) is 5.29. The van der Waals surface area contributed by atoms with Gasteiger partial charge in [0, 0.05) is 16.6 Å². The molecule has 0 spiro atoms. The van der Waals surface area contributed by atoms with Gasteiger partial charge in [-0.1, -0.05) is 38.7 Å². The molecule has 5 rings (SSSR count). The van der Waals surface area contributed by atoms with Gasteiger partial charge in [0.05, 0.1) is 16.8 Å². The number of benzene rings is 1. The summed E-state index contributed by atoms with van der Waals surface area (Å²) in [6.07, 6.45) is 7.44. The Morgan fingerprint density at radius 1 is 1.18 bits per heavy atom. The number of carbonyl (C=O) groups excluding carboxylic acids is 2. The second-order valence-corrected chi connectivity index (χ2v) is 10.7. The van der Waals surface area contributed by atoms with E-state index < -0.39 is 11.4 Å². The Kier molecular flexibility index (Phi) is 5.77.